The monoisotopic (exact) mass is 362 g/mol. The van der Waals surface area contributed by atoms with E-state index in [0.717, 1.165) is 54.4 Å². The molecular weight excluding hydrogens is 340 g/mol. The van der Waals surface area contributed by atoms with E-state index >= 15 is 0 Å². The molecule has 7 heteroatoms. The highest BCUT2D eigenvalue weighted by Crippen LogP contribution is 2.55. The normalized spacial score (nSPS) is 24.7. The van der Waals surface area contributed by atoms with Gasteiger partial charge >= 0.3 is 0 Å². The quantitative estimate of drug-likeness (QED) is 0.725. The minimum absolute atomic E-state index is 0.0735. The molecule has 7 nitrogen and oxygen atoms in total. The first-order valence-corrected chi connectivity index (χ1v) is 9.61. The molecule has 2 aliphatic carbocycles. The number of aliphatic hydroxyl groups is 1. The molecule has 2 saturated carbocycles. The number of fused-ring (bicyclic) bond motifs is 1. The smallest absolute Gasteiger partial charge is 0.141 e. The first-order valence-electron chi connectivity index (χ1n) is 9.61. The van der Waals surface area contributed by atoms with Crippen LogP contribution in [-0.4, -0.2) is 35.4 Å². The molecule has 0 saturated heterocycles. The van der Waals surface area contributed by atoms with Gasteiger partial charge in [-0.15, -0.1) is 0 Å². The second-order valence-electron chi connectivity index (χ2n) is 7.95. The van der Waals surface area contributed by atoms with Crippen molar-refractivity contribution in [3.8, 4) is 17.3 Å². The standard InChI is InChI=1S/C20H22N6O/c21-7-3-13-9-16(13)18(20(27)5-1-2-6-20)26-11-14(10-25-26)17-15-4-8-22-19(15)24-12-23-17/h4,8,10-13,16,18,27H,1-3,5-6,9H2,(H,22,23,24). The Morgan fingerprint density at radius 2 is 2.22 bits per heavy atom. The van der Waals surface area contributed by atoms with Crippen molar-refractivity contribution in [1.82, 2.24) is 24.7 Å². The number of hydrogen-bond acceptors (Lipinski definition) is 5. The van der Waals surface area contributed by atoms with Gasteiger partial charge in [-0.2, -0.15) is 10.4 Å². The fourth-order valence-corrected chi connectivity index (χ4v) is 4.85. The molecule has 0 amide bonds. The highest BCUT2D eigenvalue weighted by molar-refractivity contribution is 5.89. The molecule has 2 aliphatic rings. The number of aromatic nitrogens is 5. The molecule has 3 atom stereocenters. The minimum Gasteiger partial charge on any atom is -0.388 e. The molecule has 2 N–H and O–H groups in total. The fourth-order valence-electron chi connectivity index (χ4n) is 4.85. The van der Waals surface area contributed by atoms with Crippen LogP contribution in [0.15, 0.2) is 31.0 Å². The Bertz CT molecular complexity index is 1010. The van der Waals surface area contributed by atoms with Crippen LogP contribution in [0.2, 0.25) is 0 Å². The number of nitriles is 1. The van der Waals surface area contributed by atoms with E-state index in [1.54, 1.807) is 6.33 Å². The van der Waals surface area contributed by atoms with E-state index in [4.69, 9.17) is 5.26 Å². The number of aromatic amines is 1. The average molecular weight is 362 g/mol. The molecule has 3 heterocycles. The lowest BCUT2D eigenvalue weighted by Crippen LogP contribution is -2.38. The summed E-state index contributed by atoms with van der Waals surface area (Å²) < 4.78 is 1.93. The Labute approximate surface area is 157 Å². The van der Waals surface area contributed by atoms with Gasteiger partial charge in [0.25, 0.3) is 0 Å². The van der Waals surface area contributed by atoms with E-state index in [1.807, 2.05) is 29.3 Å². The Kier molecular flexibility index (Phi) is 3.76. The largest absolute Gasteiger partial charge is 0.388 e. The van der Waals surface area contributed by atoms with Gasteiger partial charge < -0.3 is 10.1 Å². The minimum atomic E-state index is -0.729. The van der Waals surface area contributed by atoms with E-state index in [0.29, 0.717) is 18.3 Å². The molecular formula is C20H22N6O. The van der Waals surface area contributed by atoms with E-state index < -0.39 is 5.60 Å². The van der Waals surface area contributed by atoms with Gasteiger partial charge in [-0.1, -0.05) is 12.8 Å². The Balaban J connectivity index is 1.52. The van der Waals surface area contributed by atoms with Gasteiger partial charge in [0.05, 0.1) is 29.6 Å². The third-order valence-corrected chi connectivity index (χ3v) is 6.27. The molecule has 27 heavy (non-hydrogen) atoms. The van der Waals surface area contributed by atoms with Crippen molar-refractivity contribution in [1.29, 1.82) is 5.26 Å². The van der Waals surface area contributed by atoms with E-state index in [1.165, 1.54) is 0 Å². The van der Waals surface area contributed by atoms with Gasteiger partial charge in [0.15, 0.2) is 0 Å². The van der Waals surface area contributed by atoms with Gasteiger partial charge in [0.2, 0.25) is 0 Å². The number of rotatable bonds is 5. The van der Waals surface area contributed by atoms with E-state index in [9.17, 15) is 5.11 Å². The van der Waals surface area contributed by atoms with Crippen LogP contribution in [-0.2, 0) is 0 Å². The Morgan fingerprint density at radius 1 is 1.37 bits per heavy atom. The summed E-state index contributed by atoms with van der Waals surface area (Å²) in [6.45, 7) is 0. The molecule has 138 valence electrons. The molecule has 3 unspecified atom stereocenters. The van der Waals surface area contributed by atoms with Crippen LogP contribution in [0, 0.1) is 23.2 Å². The van der Waals surface area contributed by atoms with Gasteiger partial charge in [-0.25, -0.2) is 9.97 Å². The molecule has 0 bridgehead atoms. The molecule has 0 spiro atoms. The molecule has 0 aliphatic heterocycles. The topological polar surface area (TPSA) is 103 Å². The van der Waals surface area contributed by atoms with Crippen molar-refractivity contribution in [3.05, 3.63) is 31.0 Å². The van der Waals surface area contributed by atoms with Crippen molar-refractivity contribution in [2.45, 2.75) is 50.2 Å². The SMILES string of the molecule is N#CCC1CC1C(n1cc(-c2ncnc3[nH]ccc23)cn1)C1(O)CCCC1. The first-order chi connectivity index (χ1) is 13.2. The summed E-state index contributed by atoms with van der Waals surface area (Å²) >= 11 is 0. The summed E-state index contributed by atoms with van der Waals surface area (Å²) in [5.74, 6) is 0.686. The molecule has 0 aromatic carbocycles. The van der Waals surface area contributed by atoms with Gasteiger partial charge in [0, 0.05) is 29.8 Å². The van der Waals surface area contributed by atoms with Crippen LogP contribution in [0.25, 0.3) is 22.3 Å². The highest BCUT2D eigenvalue weighted by Gasteiger charge is 2.53. The first kappa shape index (κ1) is 16.5. The molecule has 5 rings (SSSR count). The van der Waals surface area contributed by atoms with Crippen LogP contribution >= 0.6 is 0 Å². The maximum Gasteiger partial charge on any atom is 0.141 e. The predicted molar refractivity (Wildman–Crippen MR) is 99.4 cm³/mol. The lowest BCUT2D eigenvalue weighted by molar-refractivity contribution is -0.0215. The third kappa shape index (κ3) is 2.72. The number of H-pyrrole nitrogens is 1. The molecule has 0 radical (unpaired) electrons. The number of hydrogen-bond donors (Lipinski definition) is 2. The maximum atomic E-state index is 11.3. The summed E-state index contributed by atoms with van der Waals surface area (Å²) in [4.78, 5) is 11.8. The second kappa shape index (κ2) is 6.17. The van der Waals surface area contributed by atoms with Crippen molar-refractivity contribution in [2.24, 2.45) is 11.8 Å². The Hall–Kier alpha value is -2.72. The maximum absolute atomic E-state index is 11.3. The lowest BCUT2D eigenvalue weighted by atomic mass is 9.88. The van der Waals surface area contributed by atoms with Crippen molar-refractivity contribution >= 4 is 11.0 Å². The average Bonchev–Trinajstić information content (AvgIpc) is 3.10. The van der Waals surface area contributed by atoms with Crippen molar-refractivity contribution in [2.75, 3.05) is 0 Å². The Morgan fingerprint density at radius 3 is 3.04 bits per heavy atom. The van der Waals surface area contributed by atoms with E-state index in [2.05, 4.69) is 26.1 Å². The number of nitrogens with one attached hydrogen (secondary N) is 1. The van der Waals surface area contributed by atoms with Gasteiger partial charge in [-0.05, 0) is 37.2 Å². The zero-order chi connectivity index (χ0) is 18.4. The fraction of sp³-hybridized carbons (Fsp3) is 0.500. The molecule has 2 fully saturated rings. The van der Waals surface area contributed by atoms with E-state index in [-0.39, 0.29) is 6.04 Å². The van der Waals surface area contributed by atoms with Gasteiger partial charge in [0.1, 0.15) is 12.0 Å². The van der Waals surface area contributed by atoms with Crippen LogP contribution < -0.4 is 0 Å². The summed E-state index contributed by atoms with van der Waals surface area (Å²) in [5, 5.41) is 26.0. The highest BCUT2D eigenvalue weighted by atomic mass is 16.3. The zero-order valence-electron chi connectivity index (χ0n) is 15.0. The van der Waals surface area contributed by atoms with Crippen LogP contribution in [0.4, 0.5) is 0 Å². The summed E-state index contributed by atoms with van der Waals surface area (Å²) in [7, 11) is 0. The van der Waals surface area contributed by atoms with Crippen molar-refractivity contribution < 1.29 is 5.11 Å². The molecule has 3 aromatic heterocycles. The third-order valence-electron chi connectivity index (χ3n) is 6.27. The predicted octanol–water partition coefficient (Wildman–Crippen LogP) is 3.22. The van der Waals surface area contributed by atoms with Crippen LogP contribution in [0.3, 0.4) is 0 Å². The summed E-state index contributed by atoms with van der Waals surface area (Å²) in [6, 6.07) is 4.18. The van der Waals surface area contributed by atoms with Gasteiger partial charge in [-0.3, -0.25) is 4.68 Å². The summed E-state index contributed by atoms with van der Waals surface area (Å²) in [6.07, 6.45) is 12.5. The summed E-state index contributed by atoms with van der Waals surface area (Å²) in [5.41, 5.74) is 1.84. The van der Waals surface area contributed by atoms with Crippen LogP contribution in [0.1, 0.15) is 44.6 Å². The lowest BCUT2D eigenvalue weighted by Gasteiger charge is -2.33. The van der Waals surface area contributed by atoms with Crippen molar-refractivity contribution in [3.63, 3.8) is 0 Å². The van der Waals surface area contributed by atoms with Crippen LogP contribution in [0.5, 0.6) is 0 Å². The molecule has 3 aromatic rings. The zero-order valence-corrected chi connectivity index (χ0v) is 15.0. The second-order valence-corrected chi connectivity index (χ2v) is 7.95. The number of nitrogens with zero attached hydrogens (tertiary/aromatic N) is 5.